The van der Waals surface area contributed by atoms with Crippen LogP contribution in [0.15, 0.2) is 40.6 Å². The SMILES string of the molecule is CCc1ccc(NC(=O)c2ccc(S(=O)(=O)N3CCCC3)s2)cc1. The van der Waals surface area contributed by atoms with Crippen LogP contribution in [0.4, 0.5) is 5.69 Å². The van der Waals surface area contributed by atoms with E-state index in [4.69, 9.17) is 0 Å². The summed E-state index contributed by atoms with van der Waals surface area (Å²) in [5.74, 6) is -0.285. The van der Waals surface area contributed by atoms with Crippen molar-refractivity contribution in [3.8, 4) is 0 Å². The van der Waals surface area contributed by atoms with Crippen LogP contribution in [0.25, 0.3) is 0 Å². The van der Waals surface area contributed by atoms with E-state index in [1.165, 1.54) is 15.9 Å². The molecule has 24 heavy (non-hydrogen) atoms. The molecule has 0 bridgehead atoms. The molecule has 0 atom stereocenters. The molecule has 1 aromatic heterocycles. The summed E-state index contributed by atoms with van der Waals surface area (Å²) in [4.78, 5) is 12.7. The topological polar surface area (TPSA) is 66.5 Å². The molecule has 3 rings (SSSR count). The molecule has 1 N–H and O–H groups in total. The number of hydrogen-bond donors (Lipinski definition) is 1. The second kappa shape index (κ2) is 7.04. The molecule has 0 unspecified atom stereocenters. The molecule has 1 amide bonds. The number of hydrogen-bond acceptors (Lipinski definition) is 4. The van der Waals surface area contributed by atoms with Crippen molar-refractivity contribution in [1.29, 1.82) is 0 Å². The molecule has 1 fully saturated rings. The van der Waals surface area contributed by atoms with Gasteiger partial charge in [-0.3, -0.25) is 4.79 Å². The van der Waals surface area contributed by atoms with E-state index in [0.29, 0.717) is 23.7 Å². The first-order valence-corrected chi connectivity index (χ1v) is 10.3. The lowest BCUT2D eigenvalue weighted by atomic mass is 10.1. The number of nitrogens with zero attached hydrogens (tertiary/aromatic N) is 1. The second-order valence-electron chi connectivity index (χ2n) is 5.73. The van der Waals surface area contributed by atoms with Crippen molar-refractivity contribution in [2.75, 3.05) is 18.4 Å². The average Bonchev–Trinajstić information content (AvgIpc) is 3.27. The lowest BCUT2D eigenvalue weighted by Crippen LogP contribution is -2.27. The Kier molecular flexibility index (Phi) is 5.03. The number of rotatable bonds is 5. The predicted molar refractivity (Wildman–Crippen MR) is 96.1 cm³/mol. The predicted octanol–water partition coefficient (Wildman–Crippen LogP) is 3.35. The minimum absolute atomic E-state index is 0.232. The highest BCUT2D eigenvalue weighted by molar-refractivity contribution is 7.91. The van der Waals surface area contributed by atoms with Gasteiger partial charge in [-0.1, -0.05) is 19.1 Å². The van der Waals surface area contributed by atoms with Crippen molar-refractivity contribution >= 4 is 33.0 Å². The van der Waals surface area contributed by atoms with Gasteiger partial charge in [0, 0.05) is 18.8 Å². The summed E-state index contributed by atoms with van der Waals surface area (Å²) in [5, 5.41) is 2.81. The minimum Gasteiger partial charge on any atom is -0.321 e. The Morgan fingerprint density at radius 1 is 1.12 bits per heavy atom. The molecule has 0 saturated carbocycles. The van der Waals surface area contributed by atoms with Crippen molar-refractivity contribution in [2.24, 2.45) is 0 Å². The number of carbonyl (C=O) groups excluding carboxylic acids is 1. The van der Waals surface area contributed by atoms with Gasteiger partial charge in [-0.2, -0.15) is 4.31 Å². The van der Waals surface area contributed by atoms with E-state index in [-0.39, 0.29) is 10.1 Å². The first-order valence-electron chi connectivity index (χ1n) is 8.01. The van der Waals surface area contributed by atoms with Crippen molar-refractivity contribution < 1.29 is 13.2 Å². The Bertz CT molecular complexity index is 820. The number of carbonyl (C=O) groups is 1. The third-order valence-corrected chi connectivity index (χ3v) is 7.53. The molecule has 1 aliphatic rings. The zero-order valence-electron chi connectivity index (χ0n) is 13.5. The normalized spacial score (nSPS) is 15.5. The lowest BCUT2D eigenvalue weighted by molar-refractivity contribution is 0.103. The van der Waals surface area contributed by atoms with Crippen LogP contribution in [0.1, 0.15) is 35.0 Å². The van der Waals surface area contributed by atoms with Gasteiger partial charge in [-0.15, -0.1) is 11.3 Å². The van der Waals surface area contributed by atoms with Gasteiger partial charge in [-0.05, 0) is 49.1 Å². The number of nitrogens with one attached hydrogen (secondary N) is 1. The molecule has 5 nitrogen and oxygen atoms in total. The Morgan fingerprint density at radius 3 is 2.42 bits per heavy atom. The van der Waals surface area contributed by atoms with Gasteiger partial charge in [0.25, 0.3) is 15.9 Å². The van der Waals surface area contributed by atoms with E-state index in [2.05, 4.69) is 12.2 Å². The fourth-order valence-corrected chi connectivity index (χ4v) is 5.53. The van der Waals surface area contributed by atoms with E-state index in [9.17, 15) is 13.2 Å². The highest BCUT2D eigenvalue weighted by Crippen LogP contribution is 2.27. The summed E-state index contributed by atoms with van der Waals surface area (Å²) in [6.07, 6.45) is 2.73. The maximum atomic E-state index is 12.5. The quantitative estimate of drug-likeness (QED) is 0.885. The second-order valence-corrected chi connectivity index (χ2v) is 8.98. The Morgan fingerprint density at radius 2 is 1.79 bits per heavy atom. The van der Waals surface area contributed by atoms with E-state index in [1.54, 1.807) is 6.07 Å². The molecule has 0 spiro atoms. The Hall–Kier alpha value is -1.70. The fourth-order valence-electron chi connectivity index (χ4n) is 2.65. The molecule has 1 saturated heterocycles. The summed E-state index contributed by atoms with van der Waals surface area (Å²) in [5.41, 5.74) is 1.90. The van der Waals surface area contributed by atoms with Crippen LogP contribution in [-0.2, 0) is 16.4 Å². The summed E-state index contributed by atoms with van der Waals surface area (Å²) in [6, 6.07) is 10.7. The molecule has 7 heteroatoms. The smallest absolute Gasteiger partial charge is 0.265 e. The first kappa shape index (κ1) is 17.1. The number of anilines is 1. The van der Waals surface area contributed by atoms with Gasteiger partial charge in [0.15, 0.2) is 0 Å². The van der Waals surface area contributed by atoms with Crippen LogP contribution in [0.2, 0.25) is 0 Å². The van der Waals surface area contributed by atoms with Gasteiger partial charge in [0.05, 0.1) is 4.88 Å². The zero-order chi connectivity index (χ0) is 17.2. The van der Waals surface area contributed by atoms with Gasteiger partial charge in [0.2, 0.25) is 0 Å². The van der Waals surface area contributed by atoms with Crippen molar-refractivity contribution in [2.45, 2.75) is 30.4 Å². The monoisotopic (exact) mass is 364 g/mol. The molecule has 1 aliphatic heterocycles. The number of sulfonamides is 1. The summed E-state index contributed by atoms with van der Waals surface area (Å²) >= 11 is 1.02. The van der Waals surface area contributed by atoms with Crippen LogP contribution in [0, 0.1) is 0 Å². The molecule has 0 aliphatic carbocycles. The van der Waals surface area contributed by atoms with E-state index in [0.717, 1.165) is 30.6 Å². The first-order chi connectivity index (χ1) is 11.5. The van der Waals surface area contributed by atoms with E-state index < -0.39 is 10.0 Å². The van der Waals surface area contributed by atoms with Gasteiger partial charge < -0.3 is 5.32 Å². The maximum Gasteiger partial charge on any atom is 0.265 e. The van der Waals surface area contributed by atoms with E-state index in [1.807, 2.05) is 24.3 Å². The maximum absolute atomic E-state index is 12.5. The van der Waals surface area contributed by atoms with E-state index >= 15 is 0 Å². The summed E-state index contributed by atoms with van der Waals surface area (Å²) < 4.78 is 26.7. The van der Waals surface area contributed by atoms with Crippen LogP contribution in [0.3, 0.4) is 0 Å². The largest absolute Gasteiger partial charge is 0.321 e. The van der Waals surface area contributed by atoms with Crippen LogP contribution < -0.4 is 5.32 Å². The third-order valence-electron chi connectivity index (χ3n) is 4.08. The standard InChI is InChI=1S/C17H20N2O3S2/c1-2-13-5-7-14(8-6-13)18-17(20)15-9-10-16(23-15)24(21,22)19-11-3-4-12-19/h5-10H,2-4,11-12H2,1H3,(H,18,20). The highest BCUT2D eigenvalue weighted by atomic mass is 32.2. The zero-order valence-corrected chi connectivity index (χ0v) is 15.1. The molecule has 2 aromatic rings. The van der Waals surface area contributed by atoms with Crippen molar-refractivity contribution in [3.05, 3.63) is 46.8 Å². The summed E-state index contributed by atoms with van der Waals surface area (Å²) in [6.45, 7) is 3.19. The number of thiophene rings is 1. The lowest BCUT2D eigenvalue weighted by Gasteiger charge is -2.13. The molecular formula is C17H20N2O3S2. The molecular weight excluding hydrogens is 344 g/mol. The van der Waals surface area contributed by atoms with Gasteiger partial charge in [0.1, 0.15) is 4.21 Å². The third kappa shape index (κ3) is 3.53. The fraction of sp³-hybridized carbons (Fsp3) is 0.353. The minimum atomic E-state index is -3.46. The van der Waals surface area contributed by atoms with Crippen LogP contribution in [0.5, 0.6) is 0 Å². The Balaban J connectivity index is 1.73. The van der Waals surface area contributed by atoms with Crippen LogP contribution >= 0.6 is 11.3 Å². The highest BCUT2D eigenvalue weighted by Gasteiger charge is 2.29. The van der Waals surface area contributed by atoms with Gasteiger partial charge in [-0.25, -0.2) is 8.42 Å². The number of aryl methyl sites for hydroxylation is 1. The van der Waals surface area contributed by atoms with Crippen LogP contribution in [-0.4, -0.2) is 31.7 Å². The molecule has 1 aromatic carbocycles. The van der Waals surface area contributed by atoms with Crippen molar-refractivity contribution in [1.82, 2.24) is 4.31 Å². The van der Waals surface area contributed by atoms with Crippen molar-refractivity contribution in [3.63, 3.8) is 0 Å². The van der Waals surface area contributed by atoms with Gasteiger partial charge >= 0.3 is 0 Å². The Labute approximate surface area is 146 Å². The summed E-state index contributed by atoms with van der Waals surface area (Å²) in [7, 11) is -3.46. The number of benzene rings is 1. The average molecular weight is 364 g/mol. The molecule has 0 radical (unpaired) electrons. The molecule has 2 heterocycles. The molecule has 128 valence electrons. The number of amides is 1.